The zero-order valence-corrected chi connectivity index (χ0v) is 14.0. The van der Waals surface area contributed by atoms with Gasteiger partial charge in [-0.15, -0.1) is 5.10 Å². The van der Waals surface area contributed by atoms with E-state index in [1.165, 1.54) is 28.3 Å². The molecule has 24 heavy (non-hydrogen) atoms. The van der Waals surface area contributed by atoms with Crippen molar-refractivity contribution in [1.29, 1.82) is 0 Å². The lowest BCUT2D eigenvalue weighted by Crippen LogP contribution is -2.35. The molecule has 3 rings (SSSR count). The molecule has 2 heterocycles. The number of aromatic nitrogens is 3. The van der Waals surface area contributed by atoms with E-state index < -0.39 is 0 Å². The fourth-order valence-corrected chi connectivity index (χ4v) is 3.19. The van der Waals surface area contributed by atoms with E-state index in [9.17, 15) is 9.59 Å². The number of pyridine rings is 1. The van der Waals surface area contributed by atoms with Gasteiger partial charge in [0, 0.05) is 12.7 Å². The Labute approximate surface area is 140 Å². The summed E-state index contributed by atoms with van der Waals surface area (Å²) >= 11 is 0. The molecule has 1 saturated carbocycles. The summed E-state index contributed by atoms with van der Waals surface area (Å²) in [6.45, 7) is 3.09. The number of ether oxygens (including phenoxy) is 1. The second kappa shape index (κ2) is 7.61. The van der Waals surface area contributed by atoms with E-state index >= 15 is 0 Å². The maximum atomic E-state index is 12.1. The number of rotatable bonds is 6. The Bertz CT molecular complexity index is 752. The lowest BCUT2D eigenvalue weighted by molar-refractivity contribution is -0.122. The minimum atomic E-state index is -0.312. The lowest BCUT2D eigenvalue weighted by atomic mass is 9.88. The van der Waals surface area contributed by atoms with Crippen LogP contribution in [0.2, 0.25) is 0 Å². The second-order valence-electron chi connectivity index (χ2n) is 6.39. The van der Waals surface area contributed by atoms with Crippen molar-refractivity contribution in [2.24, 2.45) is 5.92 Å². The molecule has 0 bridgehead atoms. The lowest BCUT2D eigenvalue weighted by Gasteiger charge is -2.28. The molecule has 2 unspecified atom stereocenters. The quantitative estimate of drug-likeness (QED) is 0.807. The van der Waals surface area contributed by atoms with Crippen LogP contribution in [0, 0.1) is 5.92 Å². The first-order valence-corrected chi connectivity index (χ1v) is 8.57. The number of nitrogens with one attached hydrogen (secondary N) is 1. The average Bonchev–Trinajstić information content (AvgIpc) is 2.89. The number of nitrogens with zero attached hydrogens (tertiary/aromatic N) is 3. The summed E-state index contributed by atoms with van der Waals surface area (Å²) in [6.07, 6.45) is 6.76. The smallest absolute Gasteiger partial charge is 0.350 e. The van der Waals surface area contributed by atoms with Crippen LogP contribution in [0.25, 0.3) is 5.65 Å². The van der Waals surface area contributed by atoms with Crippen LogP contribution in [-0.2, 0) is 16.1 Å². The largest absolute Gasteiger partial charge is 0.376 e. The topological polar surface area (TPSA) is 77.6 Å². The van der Waals surface area contributed by atoms with Crippen molar-refractivity contribution < 1.29 is 9.53 Å². The highest BCUT2D eigenvalue weighted by Gasteiger charge is 2.21. The monoisotopic (exact) mass is 332 g/mol. The summed E-state index contributed by atoms with van der Waals surface area (Å²) in [7, 11) is 0. The van der Waals surface area contributed by atoms with Crippen LogP contribution in [0.5, 0.6) is 0 Å². The average molecular weight is 332 g/mol. The minimum Gasteiger partial charge on any atom is -0.376 e. The normalized spacial score (nSPS) is 21.0. The maximum Gasteiger partial charge on any atom is 0.350 e. The second-order valence-corrected chi connectivity index (χ2v) is 6.39. The van der Waals surface area contributed by atoms with Crippen LogP contribution < -0.4 is 11.0 Å². The predicted molar refractivity (Wildman–Crippen MR) is 89.8 cm³/mol. The summed E-state index contributed by atoms with van der Waals surface area (Å²) in [4.78, 5) is 24.1. The zero-order valence-electron chi connectivity index (χ0n) is 14.0. The summed E-state index contributed by atoms with van der Waals surface area (Å²) in [5, 5.41) is 6.92. The summed E-state index contributed by atoms with van der Waals surface area (Å²) < 4.78 is 8.46. The molecule has 1 fully saturated rings. The molecule has 7 heteroatoms. The van der Waals surface area contributed by atoms with Gasteiger partial charge in [0.15, 0.2) is 5.65 Å². The van der Waals surface area contributed by atoms with Gasteiger partial charge in [-0.05, 0) is 30.9 Å². The van der Waals surface area contributed by atoms with Gasteiger partial charge in [0.1, 0.15) is 6.54 Å². The van der Waals surface area contributed by atoms with Crippen molar-refractivity contribution in [3.8, 4) is 0 Å². The molecule has 0 spiro atoms. The molecule has 1 aliphatic carbocycles. The Balaban J connectivity index is 1.45. The van der Waals surface area contributed by atoms with Crippen molar-refractivity contribution in [2.45, 2.75) is 45.3 Å². The number of carbonyl (C=O) groups is 1. The first-order chi connectivity index (χ1) is 11.6. The van der Waals surface area contributed by atoms with Crippen molar-refractivity contribution in [2.75, 3.05) is 13.2 Å². The first kappa shape index (κ1) is 16.7. The molecule has 1 aliphatic rings. The van der Waals surface area contributed by atoms with Gasteiger partial charge in [0.2, 0.25) is 5.91 Å². The highest BCUT2D eigenvalue weighted by atomic mass is 16.5. The summed E-state index contributed by atoms with van der Waals surface area (Å²) in [5.41, 5.74) is 0.220. The molecule has 0 aromatic carbocycles. The molecule has 130 valence electrons. The predicted octanol–water partition coefficient (Wildman–Crippen LogP) is 1.21. The third-order valence-electron chi connectivity index (χ3n) is 4.57. The molecular formula is C17H24N4O3. The van der Waals surface area contributed by atoms with E-state index in [-0.39, 0.29) is 18.1 Å². The van der Waals surface area contributed by atoms with E-state index in [0.29, 0.717) is 30.8 Å². The van der Waals surface area contributed by atoms with Gasteiger partial charge in [-0.2, -0.15) is 0 Å². The van der Waals surface area contributed by atoms with Gasteiger partial charge in [0.25, 0.3) is 0 Å². The minimum absolute atomic E-state index is 0.0830. The van der Waals surface area contributed by atoms with Gasteiger partial charge < -0.3 is 10.1 Å². The molecule has 7 nitrogen and oxygen atoms in total. The molecule has 0 radical (unpaired) electrons. The molecule has 0 saturated heterocycles. The SMILES string of the molecule is CC1CCCCC1OCCNC(=O)Cn1nc2ccccn2c1=O. The number of hydrogen-bond donors (Lipinski definition) is 1. The van der Waals surface area contributed by atoms with E-state index in [4.69, 9.17) is 4.74 Å². The number of fused-ring (bicyclic) bond motifs is 1. The number of carbonyl (C=O) groups excluding carboxylic acids is 1. The highest BCUT2D eigenvalue weighted by molar-refractivity contribution is 5.75. The number of amides is 1. The molecule has 1 amide bonds. The van der Waals surface area contributed by atoms with Crippen LogP contribution in [-0.4, -0.2) is 39.3 Å². The fraction of sp³-hybridized carbons (Fsp3) is 0.588. The third-order valence-corrected chi connectivity index (χ3v) is 4.57. The van der Waals surface area contributed by atoms with E-state index in [0.717, 1.165) is 6.42 Å². The van der Waals surface area contributed by atoms with Crippen molar-refractivity contribution >= 4 is 11.6 Å². The van der Waals surface area contributed by atoms with E-state index in [2.05, 4.69) is 17.3 Å². The molecule has 2 aromatic rings. The molecule has 0 aliphatic heterocycles. The van der Waals surface area contributed by atoms with Crippen molar-refractivity contribution in [3.63, 3.8) is 0 Å². The summed E-state index contributed by atoms with van der Waals surface area (Å²) in [5.74, 6) is 0.354. The Kier molecular flexibility index (Phi) is 5.30. The van der Waals surface area contributed by atoms with Gasteiger partial charge in [0.05, 0.1) is 12.7 Å². The Hall–Kier alpha value is -2.15. The first-order valence-electron chi connectivity index (χ1n) is 8.57. The summed E-state index contributed by atoms with van der Waals surface area (Å²) in [6, 6.07) is 5.29. The molecular weight excluding hydrogens is 308 g/mol. The fourth-order valence-electron chi connectivity index (χ4n) is 3.19. The Morgan fingerprint density at radius 1 is 1.38 bits per heavy atom. The standard InChI is InChI=1S/C17H24N4O3/c1-13-6-2-3-7-14(13)24-11-9-18-16(22)12-21-17(23)20-10-5-4-8-15(20)19-21/h4-5,8,10,13-14H,2-3,6-7,9,11-12H2,1H3,(H,18,22). The Morgan fingerprint density at radius 2 is 2.21 bits per heavy atom. The van der Waals surface area contributed by atoms with E-state index in [1.807, 2.05) is 0 Å². The van der Waals surface area contributed by atoms with Crippen LogP contribution >= 0.6 is 0 Å². The van der Waals surface area contributed by atoms with Gasteiger partial charge in [-0.25, -0.2) is 9.48 Å². The Morgan fingerprint density at radius 3 is 3.00 bits per heavy atom. The maximum absolute atomic E-state index is 12.1. The van der Waals surface area contributed by atoms with Crippen LogP contribution in [0.1, 0.15) is 32.6 Å². The number of hydrogen-bond acceptors (Lipinski definition) is 4. The zero-order chi connectivity index (χ0) is 16.9. The van der Waals surface area contributed by atoms with Crippen LogP contribution in [0.15, 0.2) is 29.2 Å². The van der Waals surface area contributed by atoms with Crippen LogP contribution in [0.3, 0.4) is 0 Å². The highest BCUT2D eigenvalue weighted by Crippen LogP contribution is 2.25. The molecule has 1 N–H and O–H groups in total. The molecule has 2 atom stereocenters. The van der Waals surface area contributed by atoms with Gasteiger partial charge in [-0.1, -0.05) is 25.8 Å². The van der Waals surface area contributed by atoms with Crippen molar-refractivity contribution in [1.82, 2.24) is 19.5 Å². The molecule has 2 aromatic heterocycles. The van der Waals surface area contributed by atoms with Gasteiger partial charge >= 0.3 is 5.69 Å². The van der Waals surface area contributed by atoms with Crippen LogP contribution in [0.4, 0.5) is 0 Å². The van der Waals surface area contributed by atoms with Gasteiger partial charge in [-0.3, -0.25) is 9.20 Å². The third kappa shape index (κ3) is 3.84. The van der Waals surface area contributed by atoms with E-state index in [1.54, 1.807) is 24.4 Å². The van der Waals surface area contributed by atoms with Crippen molar-refractivity contribution in [3.05, 3.63) is 34.9 Å².